The van der Waals surface area contributed by atoms with Gasteiger partial charge in [-0.2, -0.15) is 9.78 Å². The van der Waals surface area contributed by atoms with Crippen molar-refractivity contribution in [2.45, 2.75) is 57.5 Å². The first-order valence-corrected chi connectivity index (χ1v) is 12.5. The van der Waals surface area contributed by atoms with Crippen LogP contribution >= 0.6 is 12.0 Å². The van der Waals surface area contributed by atoms with E-state index in [1.165, 1.54) is 19.2 Å². The molecule has 2 heterocycles. The molecule has 3 rings (SSSR count). The van der Waals surface area contributed by atoms with E-state index in [1.807, 2.05) is 55.4 Å². The number of hydrogen-bond donors (Lipinski definition) is 4. The summed E-state index contributed by atoms with van der Waals surface area (Å²) < 4.78 is 20.9. The van der Waals surface area contributed by atoms with Gasteiger partial charge in [0.1, 0.15) is 36.3 Å². The van der Waals surface area contributed by atoms with Crippen LogP contribution in [0.25, 0.3) is 0 Å². The first kappa shape index (κ1) is 32.3. The van der Waals surface area contributed by atoms with Crippen molar-refractivity contribution in [1.82, 2.24) is 20.1 Å². The molecule has 13 nitrogen and oxygen atoms in total. The van der Waals surface area contributed by atoms with Crippen molar-refractivity contribution in [1.29, 1.82) is 0 Å². The molecule has 14 heteroatoms. The number of hydrogen-bond acceptors (Lipinski definition) is 12. The smallest absolute Gasteiger partial charge is 0.347 e. The molecule has 0 aliphatic carbocycles. The lowest BCUT2D eigenvalue weighted by Gasteiger charge is -2.14. The van der Waals surface area contributed by atoms with Gasteiger partial charge in [-0.05, 0) is 40.0 Å². The first-order chi connectivity index (χ1) is 17.5. The number of nitrogens with one attached hydrogen (secondary N) is 2. The molecular formula is C23H36N4O9S. The molecule has 1 aliphatic heterocycles. The van der Waals surface area contributed by atoms with Gasteiger partial charge in [0.2, 0.25) is 0 Å². The summed E-state index contributed by atoms with van der Waals surface area (Å²) in [5, 5.41) is 25.8. The highest BCUT2D eigenvalue weighted by Crippen LogP contribution is 2.27. The zero-order valence-corrected chi connectivity index (χ0v) is 22.5. The fraction of sp³-hybridized carbons (Fsp3) is 0.565. The molecule has 0 bridgehead atoms. The number of methoxy groups -OCH3 is 1. The molecule has 37 heavy (non-hydrogen) atoms. The van der Waals surface area contributed by atoms with Gasteiger partial charge in [-0.3, -0.25) is 14.6 Å². The predicted molar refractivity (Wildman–Crippen MR) is 137 cm³/mol. The highest BCUT2D eigenvalue weighted by molar-refractivity contribution is 7.94. The van der Waals surface area contributed by atoms with Crippen molar-refractivity contribution in [2.75, 3.05) is 27.0 Å². The van der Waals surface area contributed by atoms with Crippen molar-refractivity contribution in [3.8, 4) is 5.75 Å². The van der Waals surface area contributed by atoms with Crippen LogP contribution in [0.4, 0.5) is 0 Å². The standard InChI is InChI=1S/C9H13N3O6.C7H15NO2.C7H8OS/c1-17-3-4-6(14)7(15)8(18-4)12-9(16)11-5(13)2-10-12;1-5(2)10-7(9)6(3)8-4;1-9-8-7-5-3-2-4-6-7/h2,4,6-8,14-15H,3H2,1H3,(H,11,13,16);5-6,8H,1-4H3;2-6H,1H3/t4?,6-,7-,8?;;/m1../s1. The van der Waals surface area contributed by atoms with Crippen LogP contribution < -0.4 is 20.7 Å². The number of likely N-dealkylation sites (N-methyl/N-ethyl adjacent to an activating group) is 1. The third-order valence-electron chi connectivity index (χ3n) is 4.71. The molecule has 4 N–H and O–H groups in total. The molecule has 2 aromatic rings. The number of rotatable bonds is 8. The largest absolute Gasteiger partial charge is 0.462 e. The average molecular weight is 545 g/mol. The number of carbonyl (C=O) groups excluding carboxylic acids is 1. The number of nitrogens with zero attached hydrogens (tertiary/aromatic N) is 2. The highest BCUT2D eigenvalue weighted by Gasteiger charge is 2.44. The van der Waals surface area contributed by atoms with Gasteiger partial charge in [0.05, 0.1) is 24.8 Å². The van der Waals surface area contributed by atoms with E-state index in [2.05, 4.69) is 10.4 Å². The maximum absolute atomic E-state index is 11.5. The first-order valence-electron chi connectivity index (χ1n) is 11.4. The van der Waals surface area contributed by atoms with E-state index >= 15 is 0 Å². The third-order valence-corrected chi connectivity index (χ3v) is 5.07. The van der Waals surface area contributed by atoms with Crippen molar-refractivity contribution >= 4 is 18.0 Å². The number of carbonyl (C=O) groups is 1. The van der Waals surface area contributed by atoms with Crippen LogP contribution in [0.3, 0.4) is 0 Å². The summed E-state index contributed by atoms with van der Waals surface area (Å²) in [6, 6.07) is 9.51. The highest BCUT2D eigenvalue weighted by atomic mass is 32.2. The van der Waals surface area contributed by atoms with Gasteiger partial charge in [-0.25, -0.2) is 4.79 Å². The van der Waals surface area contributed by atoms with Crippen molar-refractivity contribution in [3.05, 3.63) is 57.4 Å². The molecule has 1 saturated heterocycles. The SMILES string of the molecule is CNC(C)C(=O)OC(C)C.COCC1OC(n2ncc(=O)[nH]c2=O)[C@H](O)[C@@H]1O.CSOc1ccccc1. The Morgan fingerprint density at radius 3 is 2.38 bits per heavy atom. The van der Waals surface area contributed by atoms with Crippen molar-refractivity contribution in [2.24, 2.45) is 0 Å². The number of aromatic amines is 1. The summed E-state index contributed by atoms with van der Waals surface area (Å²) >= 11 is 1.35. The van der Waals surface area contributed by atoms with Gasteiger partial charge < -0.3 is 33.9 Å². The number of esters is 1. The topological polar surface area (TPSA) is 174 Å². The summed E-state index contributed by atoms with van der Waals surface area (Å²) in [5.74, 6) is 0.711. The van der Waals surface area contributed by atoms with Crippen LogP contribution in [-0.2, 0) is 19.0 Å². The molecule has 3 unspecified atom stereocenters. The lowest BCUT2D eigenvalue weighted by atomic mass is 10.1. The number of benzene rings is 1. The van der Waals surface area contributed by atoms with Crippen LogP contribution in [0.2, 0.25) is 0 Å². The second kappa shape index (κ2) is 16.9. The van der Waals surface area contributed by atoms with Gasteiger partial charge in [-0.15, -0.1) is 0 Å². The van der Waals surface area contributed by atoms with E-state index in [9.17, 15) is 24.6 Å². The summed E-state index contributed by atoms with van der Waals surface area (Å²) in [6.07, 6.45) is -1.71. The van der Waals surface area contributed by atoms with Crippen molar-refractivity contribution in [3.63, 3.8) is 0 Å². The van der Waals surface area contributed by atoms with E-state index in [4.69, 9.17) is 18.4 Å². The molecule has 1 fully saturated rings. The summed E-state index contributed by atoms with van der Waals surface area (Å²) in [5.41, 5.74) is -1.48. The molecule has 0 amide bonds. The number of aromatic nitrogens is 3. The number of aliphatic hydroxyl groups is 2. The second-order valence-electron chi connectivity index (χ2n) is 7.94. The number of aliphatic hydroxyl groups excluding tert-OH is 2. The maximum Gasteiger partial charge on any atom is 0.347 e. The number of H-pyrrole nitrogens is 1. The zero-order valence-electron chi connectivity index (χ0n) is 21.7. The van der Waals surface area contributed by atoms with Crippen molar-refractivity contribution < 1.29 is 33.4 Å². The number of para-hydroxylation sites is 1. The molecule has 0 spiro atoms. The Morgan fingerprint density at radius 1 is 1.22 bits per heavy atom. The Balaban J connectivity index is 0.000000306. The normalized spacial score (nSPS) is 21.2. The van der Waals surface area contributed by atoms with E-state index in [1.54, 1.807) is 14.0 Å². The Bertz CT molecular complexity index is 1030. The van der Waals surface area contributed by atoms with Crippen LogP contribution in [0.5, 0.6) is 5.75 Å². The minimum Gasteiger partial charge on any atom is -0.462 e. The fourth-order valence-corrected chi connectivity index (χ4v) is 3.10. The Hall–Kier alpha value is -2.75. The van der Waals surface area contributed by atoms with E-state index in [0.29, 0.717) is 0 Å². The summed E-state index contributed by atoms with van der Waals surface area (Å²) in [6.45, 7) is 5.50. The second-order valence-corrected chi connectivity index (χ2v) is 8.44. The molecule has 208 valence electrons. The quantitative estimate of drug-likeness (QED) is 0.261. The minimum atomic E-state index is -1.33. The molecule has 0 radical (unpaired) electrons. The summed E-state index contributed by atoms with van der Waals surface area (Å²) in [7, 11) is 3.15. The van der Waals surface area contributed by atoms with Gasteiger partial charge in [0.25, 0.3) is 5.56 Å². The predicted octanol–water partition coefficient (Wildman–Crippen LogP) is 0.0865. The molecule has 1 aromatic heterocycles. The maximum atomic E-state index is 11.5. The minimum absolute atomic E-state index is 0.0247. The van der Waals surface area contributed by atoms with Gasteiger partial charge >= 0.3 is 11.7 Å². The van der Waals surface area contributed by atoms with E-state index in [0.717, 1.165) is 16.6 Å². The molecule has 1 aliphatic rings. The fourth-order valence-electron chi connectivity index (χ4n) is 2.80. The lowest BCUT2D eigenvalue weighted by molar-refractivity contribution is -0.149. The number of ether oxygens (including phenoxy) is 3. The third kappa shape index (κ3) is 11.0. The Labute approximate surface area is 219 Å². The Kier molecular flexibility index (Phi) is 14.7. The van der Waals surface area contributed by atoms with Crippen LogP contribution in [-0.4, -0.2) is 88.4 Å². The van der Waals surface area contributed by atoms with E-state index < -0.39 is 35.8 Å². The monoisotopic (exact) mass is 544 g/mol. The van der Waals surface area contributed by atoms with Crippen LogP contribution in [0.15, 0.2) is 46.1 Å². The molecule has 1 aromatic carbocycles. The zero-order chi connectivity index (χ0) is 28.0. The molecule has 5 atom stereocenters. The summed E-state index contributed by atoms with van der Waals surface area (Å²) in [4.78, 5) is 35.2. The van der Waals surface area contributed by atoms with E-state index in [-0.39, 0.29) is 24.7 Å². The van der Waals surface area contributed by atoms with Gasteiger partial charge in [-0.1, -0.05) is 18.2 Å². The average Bonchev–Trinajstić information content (AvgIpc) is 3.13. The van der Waals surface area contributed by atoms with Crippen LogP contribution in [0.1, 0.15) is 27.0 Å². The Morgan fingerprint density at radius 2 is 1.86 bits per heavy atom. The lowest BCUT2D eigenvalue weighted by Crippen LogP contribution is -2.39. The van der Waals surface area contributed by atoms with Gasteiger partial charge in [0, 0.05) is 13.4 Å². The molecule has 0 saturated carbocycles. The molecular weight excluding hydrogens is 508 g/mol. The van der Waals surface area contributed by atoms with Crippen LogP contribution in [0, 0.1) is 0 Å². The van der Waals surface area contributed by atoms with Gasteiger partial charge in [0.15, 0.2) is 6.23 Å².